The van der Waals surface area contributed by atoms with Crippen LogP contribution in [0.5, 0.6) is 0 Å². The standard InChI is InChI=1S/C65H125NO8/c1-3-5-7-9-11-13-15-17-19-21-23-25-27-28-29-30-31-33-35-37-39-41-43-45-47-49-51-53-55-61(69)66-58(57-73-65-64(72)63(71)62(70)60(56-67)74-65)59(68)54-52-50-48-46-44-42-40-38-36-34-32-26-24-22-20-18-16-14-12-10-8-6-4-2/h44,46,52,54,58-60,62-65,67-68,70-72H,3-43,45,47-51,53,55-57H2,1-2H3,(H,66,69)/b46-44+,54-52+. The van der Waals surface area contributed by atoms with Gasteiger partial charge in [0.1, 0.15) is 24.4 Å². The van der Waals surface area contributed by atoms with E-state index in [-0.39, 0.29) is 12.5 Å². The van der Waals surface area contributed by atoms with Gasteiger partial charge < -0.3 is 40.3 Å². The average Bonchev–Trinajstić information content (AvgIpc) is 3.40. The van der Waals surface area contributed by atoms with Crippen molar-refractivity contribution < 1.29 is 39.8 Å². The van der Waals surface area contributed by atoms with Gasteiger partial charge in [0.15, 0.2) is 6.29 Å². The van der Waals surface area contributed by atoms with Crippen LogP contribution in [0.1, 0.15) is 328 Å². The maximum absolute atomic E-state index is 13.1. The van der Waals surface area contributed by atoms with Gasteiger partial charge >= 0.3 is 0 Å². The van der Waals surface area contributed by atoms with Crippen LogP contribution >= 0.6 is 0 Å². The van der Waals surface area contributed by atoms with Crippen molar-refractivity contribution in [1.29, 1.82) is 0 Å². The fraction of sp³-hybridized carbons (Fsp3) is 0.923. The van der Waals surface area contributed by atoms with Gasteiger partial charge in [0.25, 0.3) is 0 Å². The van der Waals surface area contributed by atoms with Crippen LogP contribution < -0.4 is 5.32 Å². The lowest BCUT2D eigenvalue weighted by atomic mass is 9.99. The normalized spacial score (nSPS) is 19.0. The zero-order chi connectivity index (χ0) is 53.6. The van der Waals surface area contributed by atoms with Gasteiger partial charge in [0.05, 0.1) is 25.4 Å². The summed E-state index contributed by atoms with van der Waals surface area (Å²) in [5.74, 6) is -0.179. The second-order valence-electron chi connectivity index (χ2n) is 22.9. The van der Waals surface area contributed by atoms with E-state index in [9.17, 15) is 30.3 Å². The molecule has 7 atom stereocenters. The van der Waals surface area contributed by atoms with Crippen LogP contribution in [0.2, 0.25) is 0 Å². The van der Waals surface area contributed by atoms with Gasteiger partial charge in [-0.05, 0) is 32.1 Å². The fourth-order valence-electron chi connectivity index (χ4n) is 10.6. The van der Waals surface area contributed by atoms with E-state index in [4.69, 9.17) is 9.47 Å². The topological polar surface area (TPSA) is 149 Å². The number of ether oxygens (including phenoxy) is 2. The Bertz CT molecular complexity index is 1210. The quantitative estimate of drug-likeness (QED) is 0.0261. The third kappa shape index (κ3) is 43.6. The van der Waals surface area contributed by atoms with Crippen LogP contribution in [0.25, 0.3) is 0 Å². The molecule has 0 aromatic carbocycles. The van der Waals surface area contributed by atoms with E-state index >= 15 is 0 Å². The van der Waals surface area contributed by atoms with Crippen molar-refractivity contribution in [3.8, 4) is 0 Å². The fourth-order valence-corrected chi connectivity index (χ4v) is 10.6. The number of rotatable bonds is 57. The van der Waals surface area contributed by atoms with E-state index in [0.29, 0.717) is 6.42 Å². The monoisotopic (exact) mass is 1050 g/mol. The number of nitrogens with one attached hydrogen (secondary N) is 1. The molecular weight excluding hydrogens is 923 g/mol. The van der Waals surface area contributed by atoms with Crippen molar-refractivity contribution in [1.82, 2.24) is 5.32 Å². The van der Waals surface area contributed by atoms with Gasteiger partial charge in [-0.3, -0.25) is 4.79 Å². The maximum atomic E-state index is 13.1. The van der Waals surface area contributed by atoms with Crippen molar-refractivity contribution >= 4 is 5.91 Å². The zero-order valence-electron chi connectivity index (χ0n) is 48.9. The van der Waals surface area contributed by atoms with E-state index in [1.165, 1.54) is 270 Å². The minimum absolute atomic E-state index is 0.179. The molecule has 74 heavy (non-hydrogen) atoms. The Kier molecular flexibility index (Phi) is 52.5. The summed E-state index contributed by atoms with van der Waals surface area (Å²) < 4.78 is 11.3. The number of aliphatic hydroxyl groups is 5. The van der Waals surface area contributed by atoms with Crippen molar-refractivity contribution in [2.24, 2.45) is 0 Å². The molecule has 1 aliphatic heterocycles. The first-order chi connectivity index (χ1) is 36.3. The number of amides is 1. The molecular formula is C65H125NO8. The number of hydrogen-bond donors (Lipinski definition) is 6. The summed E-state index contributed by atoms with van der Waals surface area (Å²) in [5.41, 5.74) is 0. The zero-order valence-corrected chi connectivity index (χ0v) is 48.9. The first-order valence-electron chi connectivity index (χ1n) is 32.6. The molecule has 1 heterocycles. The average molecular weight is 1050 g/mol. The minimum atomic E-state index is -1.57. The Morgan fingerprint density at radius 1 is 0.446 bits per heavy atom. The lowest BCUT2D eigenvalue weighted by Crippen LogP contribution is -2.60. The molecule has 0 aromatic rings. The summed E-state index contributed by atoms with van der Waals surface area (Å²) in [5, 5.41) is 54.6. The van der Waals surface area contributed by atoms with E-state index in [1.54, 1.807) is 6.08 Å². The second-order valence-corrected chi connectivity index (χ2v) is 22.9. The third-order valence-electron chi connectivity index (χ3n) is 15.8. The van der Waals surface area contributed by atoms with Crippen LogP contribution in [0.3, 0.4) is 0 Å². The molecule has 7 unspecified atom stereocenters. The van der Waals surface area contributed by atoms with Gasteiger partial charge in [-0.1, -0.05) is 314 Å². The SMILES string of the molecule is CCCCCCCCCCCCCCCCCCC/C=C/CC/C=C/C(O)C(COC1OC(CO)C(O)C(O)C1O)NC(=O)CCCCCCCCCCCCCCCCCCCCCCCCCCCCCC. The smallest absolute Gasteiger partial charge is 0.220 e. The van der Waals surface area contributed by atoms with Crippen molar-refractivity contribution in [2.75, 3.05) is 13.2 Å². The summed E-state index contributed by atoms with van der Waals surface area (Å²) in [6.45, 7) is 3.82. The molecule has 9 heteroatoms. The van der Waals surface area contributed by atoms with Crippen LogP contribution in [0, 0.1) is 0 Å². The number of carbonyl (C=O) groups is 1. The van der Waals surface area contributed by atoms with Crippen molar-refractivity contribution in [3.05, 3.63) is 24.3 Å². The van der Waals surface area contributed by atoms with Crippen LogP contribution in [0.4, 0.5) is 0 Å². The Morgan fingerprint density at radius 2 is 0.770 bits per heavy atom. The summed E-state index contributed by atoms with van der Waals surface area (Å²) in [4.78, 5) is 13.1. The highest BCUT2D eigenvalue weighted by Crippen LogP contribution is 2.23. The number of carbonyl (C=O) groups excluding carboxylic acids is 1. The maximum Gasteiger partial charge on any atom is 0.220 e. The molecule has 9 nitrogen and oxygen atoms in total. The van der Waals surface area contributed by atoms with Crippen LogP contribution in [-0.4, -0.2) is 87.5 Å². The lowest BCUT2D eigenvalue weighted by Gasteiger charge is -2.40. The molecule has 0 saturated carbocycles. The molecule has 0 bridgehead atoms. The van der Waals surface area contributed by atoms with Gasteiger partial charge in [0.2, 0.25) is 5.91 Å². The number of hydrogen-bond acceptors (Lipinski definition) is 8. The molecule has 0 aromatic heterocycles. The Labute approximate surface area is 458 Å². The first-order valence-corrected chi connectivity index (χ1v) is 32.6. The Hall–Kier alpha value is -1.33. The van der Waals surface area contributed by atoms with E-state index < -0.39 is 49.5 Å². The lowest BCUT2D eigenvalue weighted by molar-refractivity contribution is -0.302. The molecule has 0 radical (unpaired) electrons. The minimum Gasteiger partial charge on any atom is -0.394 e. The Balaban J connectivity index is 2.17. The molecule has 1 fully saturated rings. The molecule has 0 aliphatic carbocycles. The predicted molar refractivity (Wildman–Crippen MR) is 314 cm³/mol. The van der Waals surface area contributed by atoms with Gasteiger partial charge in [-0.15, -0.1) is 0 Å². The summed E-state index contributed by atoms with van der Waals surface area (Å²) >= 11 is 0. The summed E-state index contributed by atoms with van der Waals surface area (Å²) in [7, 11) is 0. The number of aliphatic hydroxyl groups excluding tert-OH is 5. The Morgan fingerprint density at radius 3 is 1.14 bits per heavy atom. The van der Waals surface area contributed by atoms with E-state index in [0.717, 1.165) is 38.5 Å². The molecule has 1 saturated heterocycles. The first kappa shape index (κ1) is 70.7. The highest BCUT2D eigenvalue weighted by molar-refractivity contribution is 5.76. The van der Waals surface area contributed by atoms with Crippen LogP contribution in [0.15, 0.2) is 24.3 Å². The van der Waals surface area contributed by atoms with Crippen LogP contribution in [-0.2, 0) is 14.3 Å². The molecule has 1 amide bonds. The van der Waals surface area contributed by atoms with E-state index in [1.807, 2.05) is 6.08 Å². The molecule has 438 valence electrons. The van der Waals surface area contributed by atoms with Gasteiger partial charge in [-0.25, -0.2) is 0 Å². The van der Waals surface area contributed by atoms with E-state index in [2.05, 4.69) is 31.3 Å². The third-order valence-corrected chi connectivity index (χ3v) is 15.8. The highest BCUT2D eigenvalue weighted by Gasteiger charge is 2.44. The summed E-state index contributed by atoms with van der Waals surface area (Å²) in [6, 6.07) is -0.819. The summed E-state index contributed by atoms with van der Waals surface area (Å²) in [6.07, 6.45) is 64.2. The number of unbranched alkanes of at least 4 members (excludes halogenated alkanes) is 45. The van der Waals surface area contributed by atoms with Crippen molar-refractivity contribution in [3.63, 3.8) is 0 Å². The molecule has 6 N–H and O–H groups in total. The van der Waals surface area contributed by atoms with Crippen molar-refractivity contribution in [2.45, 2.75) is 371 Å². The number of allylic oxidation sites excluding steroid dienone is 3. The highest BCUT2D eigenvalue weighted by atomic mass is 16.7. The van der Waals surface area contributed by atoms with Gasteiger partial charge in [-0.2, -0.15) is 0 Å². The molecule has 1 aliphatic rings. The largest absolute Gasteiger partial charge is 0.394 e. The van der Waals surface area contributed by atoms with Gasteiger partial charge in [0, 0.05) is 6.42 Å². The second kappa shape index (κ2) is 55.0. The predicted octanol–water partition coefficient (Wildman–Crippen LogP) is 16.9. The molecule has 0 spiro atoms. The molecule has 1 rings (SSSR count).